The first-order valence-electron chi connectivity index (χ1n) is 6.36. The summed E-state index contributed by atoms with van der Waals surface area (Å²) < 4.78 is 25.8. The molecule has 1 amide bonds. The highest BCUT2D eigenvalue weighted by Gasteiger charge is 2.34. The molecular weight excluding hydrogens is 272 g/mol. The summed E-state index contributed by atoms with van der Waals surface area (Å²) in [6.45, 7) is 0. The van der Waals surface area contributed by atoms with Gasteiger partial charge in [-0.25, -0.2) is 8.78 Å². The summed E-state index contributed by atoms with van der Waals surface area (Å²) in [6, 6.07) is 3.50. The molecule has 5 heteroatoms. The summed E-state index contributed by atoms with van der Waals surface area (Å²) in [5.74, 6) is -1.65. The van der Waals surface area contributed by atoms with Crippen LogP contribution in [0.5, 0.6) is 0 Å². The molecule has 0 atom stereocenters. The first kappa shape index (κ1) is 14.3. The number of alkyl halides is 1. The van der Waals surface area contributed by atoms with Crippen molar-refractivity contribution in [1.29, 1.82) is 0 Å². The summed E-state index contributed by atoms with van der Waals surface area (Å²) >= 11 is 5.93. The zero-order valence-corrected chi connectivity index (χ0v) is 11.3. The van der Waals surface area contributed by atoms with Gasteiger partial charge in [-0.2, -0.15) is 0 Å². The van der Waals surface area contributed by atoms with Gasteiger partial charge in [-0.1, -0.05) is 18.9 Å². The smallest absolute Gasteiger partial charge is 0.224 e. The number of hydrogen-bond donors (Lipinski definition) is 1. The van der Waals surface area contributed by atoms with Gasteiger partial charge in [0.2, 0.25) is 5.91 Å². The van der Waals surface area contributed by atoms with E-state index in [-0.39, 0.29) is 17.9 Å². The van der Waals surface area contributed by atoms with Crippen LogP contribution in [0.4, 0.5) is 8.78 Å². The maximum Gasteiger partial charge on any atom is 0.224 e. The van der Waals surface area contributed by atoms with Crippen LogP contribution in [0.1, 0.15) is 31.2 Å². The van der Waals surface area contributed by atoms with Crippen molar-refractivity contribution in [3.63, 3.8) is 0 Å². The quantitative estimate of drug-likeness (QED) is 0.847. The molecule has 1 N–H and O–H groups in total. The molecule has 0 saturated heterocycles. The molecule has 0 heterocycles. The van der Waals surface area contributed by atoms with E-state index in [2.05, 4.69) is 5.32 Å². The van der Waals surface area contributed by atoms with Gasteiger partial charge in [-0.3, -0.25) is 4.79 Å². The highest BCUT2D eigenvalue weighted by Crippen LogP contribution is 2.30. The Morgan fingerprint density at radius 2 is 1.95 bits per heavy atom. The van der Waals surface area contributed by atoms with E-state index >= 15 is 0 Å². The van der Waals surface area contributed by atoms with Gasteiger partial charge in [-0.15, -0.1) is 11.6 Å². The third kappa shape index (κ3) is 3.44. The van der Waals surface area contributed by atoms with E-state index in [0.29, 0.717) is 11.4 Å². The van der Waals surface area contributed by atoms with E-state index < -0.39 is 11.6 Å². The van der Waals surface area contributed by atoms with E-state index in [1.54, 1.807) is 0 Å². The average molecular weight is 288 g/mol. The van der Waals surface area contributed by atoms with Crippen molar-refractivity contribution in [2.24, 2.45) is 0 Å². The van der Waals surface area contributed by atoms with Crippen molar-refractivity contribution >= 4 is 17.5 Å². The molecule has 0 spiro atoms. The maximum atomic E-state index is 13.0. The topological polar surface area (TPSA) is 29.1 Å². The van der Waals surface area contributed by atoms with Crippen molar-refractivity contribution in [3.8, 4) is 0 Å². The summed E-state index contributed by atoms with van der Waals surface area (Å²) in [4.78, 5) is 11.9. The van der Waals surface area contributed by atoms with Crippen LogP contribution in [-0.4, -0.2) is 17.3 Å². The second-order valence-corrected chi connectivity index (χ2v) is 5.36. The Hall–Kier alpha value is -1.16. The number of benzene rings is 1. The molecule has 0 bridgehead atoms. The predicted molar refractivity (Wildman–Crippen MR) is 70.1 cm³/mol. The Balaban J connectivity index is 1.99. The number of hydrogen-bond acceptors (Lipinski definition) is 1. The van der Waals surface area contributed by atoms with Crippen LogP contribution in [0.2, 0.25) is 0 Å². The summed E-state index contributed by atoms with van der Waals surface area (Å²) in [5.41, 5.74) is 0.135. The number of halogens is 3. The van der Waals surface area contributed by atoms with Gasteiger partial charge in [0.1, 0.15) is 0 Å². The largest absolute Gasteiger partial charge is 0.349 e. The molecule has 0 unspecified atom stereocenters. The van der Waals surface area contributed by atoms with Crippen LogP contribution >= 0.6 is 11.6 Å². The lowest BCUT2D eigenvalue weighted by Crippen LogP contribution is -2.48. The van der Waals surface area contributed by atoms with Crippen LogP contribution in [0.3, 0.4) is 0 Å². The minimum atomic E-state index is -0.932. The van der Waals surface area contributed by atoms with Crippen molar-refractivity contribution in [3.05, 3.63) is 35.4 Å². The van der Waals surface area contributed by atoms with Crippen LogP contribution in [0, 0.1) is 11.6 Å². The van der Waals surface area contributed by atoms with Gasteiger partial charge in [0.05, 0.1) is 12.0 Å². The zero-order chi connectivity index (χ0) is 13.9. The molecule has 2 nitrogen and oxygen atoms in total. The van der Waals surface area contributed by atoms with E-state index in [1.807, 2.05) is 0 Å². The number of carbonyl (C=O) groups is 1. The third-order valence-corrected chi connectivity index (χ3v) is 4.08. The lowest BCUT2D eigenvalue weighted by atomic mass is 9.99. The molecule has 104 valence electrons. The SMILES string of the molecule is O=C(Cc1ccc(F)c(F)c1)NC1(CCl)CCCC1. The molecule has 1 aromatic carbocycles. The minimum absolute atomic E-state index is 0.0375. The van der Waals surface area contributed by atoms with Gasteiger partial charge in [0, 0.05) is 5.88 Å². The van der Waals surface area contributed by atoms with Crippen LogP contribution in [-0.2, 0) is 11.2 Å². The molecule has 1 fully saturated rings. The number of carbonyl (C=O) groups excluding carboxylic acids is 1. The van der Waals surface area contributed by atoms with E-state index in [0.717, 1.165) is 37.8 Å². The average Bonchev–Trinajstić information content (AvgIpc) is 2.83. The standard InChI is InChI=1S/C14H16ClF2NO/c15-9-14(5-1-2-6-14)18-13(19)8-10-3-4-11(16)12(17)7-10/h3-4,7H,1-2,5-6,8-9H2,(H,18,19). The second-order valence-electron chi connectivity index (χ2n) is 5.09. The Morgan fingerprint density at radius 1 is 1.26 bits per heavy atom. The first-order valence-corrected chi connectivity index (χ1v) is 6.89. The monoisotopic (exact) mass is 287 g/mol. The van der Waals surface area contributed by atoms with Crippen molar-refractivity contribution in [1.82, 2.24) is 5.32 Å². The predicted octanol–water partition coefficient (Wildman–Crippen LogP) is 3.18. The number of amides is 1. The molecule has 1 saturated carbocycles. The molecule has 1 aromatic rings. The first-order chi connectivity index (χ1) is 9.04. The zero-order valence-electron chi connectivity index (χ0n) is 10.5. The van der Waals surface area contributed by atoms with Crippen molar-refractivity contribution in [2.75, 3.05) is 5.88 Å². The van der Waals surface area contributed by atoms with E-state index in [9.17, 15) is 13.6 Å². The van der Waals surface area contributed by atoms with Gasteiger partial charge in [0.15, 0.2) is 11.6 Å². The third-order valence-electron chi connectivity index (χ3n) is 3.57. The molecule has 19 heavy (non-hydrogen) atoms. The maximum absolute atomic E-state index is 13.0. The molecular formula is C14H16ClF2NO. The summed E-state index contributed by atoms with van der Waals surface area (Å²) in [7, 11) is 0. The summed E-state index contributed by atoms with van der Waals surface area (Å²) in [5, 5.41) is 2.94. The Bertz CT molecular complexity index is 473. The molecule has 0 aliphatic heterocycles. The summed E-state index contributed by atoms with van der Waals surface area (Å²) in [6.07, 6.45) is 3.90. The Morgan fingerprint density at radius 3 is 2.53 bits per heavy atom. The van der Waals surface area contributed by atoms with Crippen LogP contribution in [0.15, 0.2) is 18.2 Å². The lowest BCUT2D eigenvalue weighted by molar-refractivity contribution is -0.122. The lowest BCUT2D eigenvalue weighted by Gasteiger charge is -2.27. The highest BCUT2D eigenvalue weighted by atomic mass is 35.5. The fourth-order valence-corrected chi connectivity index (χ4v) is 2.85. The van der Waals surface area contributed by atoms with Crippen molar-refractivity contribution in [2.45, 2.75) is 37.6 Å². The van der Waals surface area contributed by atoms with Crippen LogP contribution < -0.4 is 5.32 Å². The molecule has 1 aliphatic carbocycles. The molecule has 2 rings (SSSR count). The van der Waals surface area contributed by atoms with Gasteiger partial charge >= 0.3 is 0 Å². The second kappa shape index (κ2) is 5.87. The fourth-order valence-electron chi connectivity index (χ4n) is 2.52. The molecule has 0 aromatic heterocycles. The molecule has 1 aliphatic rings. The number of rotatable bonds is 4. The highest BCUT2D eigenvalue weighted by molar-refractivity contribution is 6.18. The van der Waals surface area contributed by atoms with Crippen LogP contribution in [0.25, 0.3) is 0 Å². The van der Waals surface area contributed by atoms with Crippen molar-refractivity contribution < 1.29 is 13.6 Å². The Labute approximate surface area is 116 Å². The van der Waals surface area contributed by atoms with Gasteiger partial charge in [-0.05, 0) is 30.5 Å². The normalized spacial score (nSPS) is 17.4. The van der Waals surface area contributed by atoms with Gasteiger partial charge in [0.25, 0.3) is 0 Å². The fraction of sp³-hybridized carbons (Fsp3) is 0.500. The molecule has 0 radical (unpaired) electrons. The Kier molecular flexibility index (Phi) is 4.40. The van der Waals surface area contributed by atoms with Gasteiger partial charge < -0.3 is 5.32 Å². The van der Waals surface area contributed by atoms with E-state index in [4.69, 9.17) is 11.6 Å². The minimum Gasteiger partial charge on any atom is -0.349 e. The number of nitrogens with one attached hydrogen (secondary N) is 1. The van der Waals surface area contributed by atoms with E-state index in [1.165, 1.54) is 6.07 Å².